The number of piperidine rings is 1. The fourth-order valence-corrected chi connectivity index (χ4v) is 3.09. The molecule has 0 amide bonds. The van der Waals surface area contributed by atoms with E-state index >= 15 is 0 Å². The van der Waals surface area contributed by atoms with Crippen molar-refractivity contribution >= 4 is 5.97 Å². The van der Waals surface area contributed by atoms with E-state index in [0.717, 1.165) is 24.9 Å². The third-order valence-electron chi connectivity index (χ3n) is 4.62. The standard InChI is InChI=1S/C16H22FNO2/c1-3-16(15(19)20)8-5-9-18(11-16)12(2)13-6-4-7-14(17)10-13/h4,6-7,10,12H,3,5,8-9,11H2,1-2H3,(H,19,20). The molecule has 0 spiro atoms. The van der Waals surface area contributed by atoms with E-state index in [0.29, 0.717) is 13.0 Å². The van der Waals surface area contributed by atoms with Gasteiger partial charge < -0.3 is 5.11 Å². The summed E-state index contributed by atoms with van der Waals surface area (Å²) in [6.07, 6.45) is 2.24. The maximum atomic E-state index is 13.3. The van der Waals surface area contributed by atoms with Gasteiger partial charge in [0.25, 0.3) is 0 Å². The van der Waals surface area contributed by atoms with Crippen molar-refractivity contribution in [2.75, 3.05) is 13.1 Å². The fraction of sp³-hybridized carbons (Fsp3) is 0.562. The molecule has 0 aromatic heterocycles. The van der Waals surface area contributed by atoms with Crippen LogP contribution in [0.4, 0.5) is 4.39 Å². The summed E-state index contributed by atoms with van der Waals surface area (Å²) in [4.78, 5) is 13.7. The van der Waals surface area contributed by atoms with Crippen LogP contribution in [0.1, 0.15) is 44.7 Å². The molecule has 2 unspecified atom stereocenters. The summed E-state index contributed by atoms with van der Waals surface area (Å²) in [5, 5.41) is 9.52. The Hall–Kier alpha value is -1.42. The molecule has 0 saturated carbocycles. The predicted octanol–water partition coefficient (Wildman–Crippen LogP) is 3.46. The van der Waals surface area contributed by atoms with E-state index < -0.39 is 11.4 Å². The first-order valence-corrected chi connectivity index (χ1v) is 7.21. The molecular weight excluding hydrogens is 257 g/mol. The smallest absolute Gasteiger partial charge is 0.310 e. The highest BCUT2D eigenvalue weighted by Crippen LogP contribution is 2.37. The van der Waals surface area contributed by atoms with Gasteiger partial charge in [-0.25, -0.2) is 4.39 Å². The van der Waals surface area contributed by atoms with Crippen LogP contribution in [0.5, 0.6) is 0 Å². The van der Waals surface area contributed by atoms with Crippen LogP contribution in [0, 0.1) is 11.2 Å². The van der Waals surface area contributed by atoms with Gasteiger partial charge in [-0.15, -0.1) is 0 Å². The summed E-state index contributed by atoms with van der Waals surface area (Å²) in [5.74, 6) is -0.956. The SMILES string of the molecule is CCC1(C(=O)O)CCCN(C(C)c2cccc(F)c2)C1. The van der Waals surface area contributed by atoms with Crippen LogP contribution >= 0.6 is 0 Å². The van der Waals surface area contributed by atoms with Gasteiger partial charge in [-0.2, -0.15) is 0 Å². The number of likely N-dealkylation sites (tertiary alicyclic amines) is 1. The number of nitrogens with zero attached hydrogens (tertiary/aromatic N) is 1. The molecule has 1 aromatic carbocycles. The summed E-state index contributed by atoms with van der Waals surface area (Å²) in [7, 11) is 0. The largest absolute Gasteiger partial charge is 0.481 e. The third kappa shape index (κ3) is 2.85. The van der Waals surface area contributed by atoms with Crippen LogP contribution in [-0.2, 0) is 4.79 Å². The number of hydrogen-bond acceptors (Lipinski definition) is 2. The van der Waals surface area contributed by atoms with E-state index in [1.807, 2.05) is 19.9 Å². The Kier molecular flexibility index (Phi) is 4.43. The minimum atomic E-state index is -0.712. The van der Waals surface area contributed by atoms with Crippen LogP contribution in [0.15, 0.2) is 24.3 Å². The first-order chi connectivity index (χ1) is 9.48. The van der Waals surface area contributed by atoms with Gasteiger partial charge in [0.15, 0.2) is 0 Å². The molecule has 0 radical (unpaired) electrons. The molecule has 1 saturated heterocycles. The number of carbonyl (C=O) groups is 1. The van der Waals surface area contributed by atoms with Crippen LogP contribution < -0.4 is 0 Å². The van der Waals surface area contributed by atoms with E-state index in [-0.39, 0.29) is 11.9 Å². The molecule has 0 bridgehead atoms. The van der Waals surface area contributed by atoms with E-state index in [2.05, 4.69) is 4.90 Å². The Morgan fingerprint density at radius 2 is 2.30 bits per heavy atom. The average molecular weight is 279 g/mol. The number of benzene rings is 1. The number of halogens is 1. The Balaban J connectivity index is 2.18. The summed E-state index contributed by atoms with van der Waals surface area (Å²) >= 11 is 0. The van der Waals surface area contributed by atoms with Crippen molar-refractivity contribution in [2.45, 2.75) is 39.2 Å². The van der Waals surface area contributed by atoms with Crippen molar-refractivity contribution in [3.05, 3.63) is 35.6 Å². The van der Waals surface area contributed by atoms with Gasteiger partial charge in [-0.05, 0) is 50.4 Å². The normalized spacial score (nSPS) is 25.4. The van der Waals surface area contributed by atoms with Gasteiger partial charge in [0.1, 0.15) is 5.82 Å². The lowest BCUT2D eigenvalue weighted by Gasteiger charge is -2.42. The minimum absolute atomic E-state index is 0.0382. The zero-order chi connectivity index (χ0) is 14.8. The Morgan fingerprint density at radius 3 is 2.90 bits per heavy atom. The van der Waals surface area contributed by atoms with Gasteiger partial charge in [0.2, 0.25) is 0 Å². The maximum absolute atomic E-state index is 13.3. The van der Waals surface area contributed by atoms with Crippen LogP contribution in [0.3, 0.4) is 0 Å². The summed E-state index contributed by atoms with van der Waals surface area (Å²) in [6.45, 7) is 5.36. The van der Waals surface area contributed by atoms with Crippen molar-refractivity contribution in [1.82, 2.24) is 4.90 Å². The average Bonchev–Trinajstić information content (AvgIpc) is 2.46. The lowest BCUT2D eigenvalue weighted by atomic mass is 9.77. The number of aliphatic carboxylic acids is 1. The van der Waals surface area contributed by atoms with E-state index in [1.165, 1.54) is 12.1 Å². The number of carboxylic acids is 1. The molecule has 4 heteroatoms. The molecule has 1 aliphatic heterocycles. The van der Waals surface area contributed by atoms with Gasteiger partial charge in [0.05, 0.1) is 5.41 Å². The molecule has 2 atom stereocenters. The second kappa shape index (κ2) is 5.92. The number of hydrogen-bond donors (Lipinski definition) is 1. The molecule has 1 aromatic rings. The number of rotatable bonds is 4. The lowest BCUT2D eigenvalue weighted by molar-refractivity contribution is -0.153. The van der Waals surface area contributed by atoms with Crippen molar-refractivity contribution in [3.63, 3.8) is 0 Å². The van der Waals surface area contributed by atoms with E-state index in [1.54, 1.807) is 6.07 Å². The van der Waals surface area contributed by atoms with Gasteiger partial charge in [-0.3, -0.25) is 9.69 Å². The zero-order valence-electron chi connectivity index (χ0n) is 12.1. The molecule has 3 nitrogen and oxygen atoms in total. The van der Waals surface area contributed by atoms with Crippen molar-refractivity contribution in [3.8, 4) is 0 Å². The predicted molar refractivity (Wildman–Crippen MR) is 76.0 cm³/mol. The summed E-state index contributed by atoms with van der Waals surface area (Å²) < 4.78 is 13.3. The molecule has 20 heavy (non-hydrogen) atoms. The topological polar surface area (TPSA) is 40.5 Å². The zero-order valence-corrected chi connectivity index (χ0v) is 12.1. The van der Waals surface area contributed by atoms with Crippen LogP contribution in [0.2, 0.25) is 0 Å². The molecule has 1 aliphatic rings. The first-order valence-electron chi connectivity index (χ1n) is 7.21. The molecule has 1 fully saturated rings. The van der Waals surface area contributed by atoms with Crippen LogP contribution in [-0.4, -0.2) is 29.1 Å². The molecule has 110 valence electrons. The highest BCUT2D eigenvalue weighted by molar-refractivity contribution is 5.75. The Labute approximate surface area is 119 Å². The molecule has 0 aliphatic carbocycles. The van der Waals surface area contributed by atoms with Gasteiger partial charge in [0, 0.05) is 12.6 Å². The highest BCUT2D eigenvalue weighted by atomic mass is 19.1. The highest BCUT2D eigenvalue weighted by Gasteiger charge is 2.41. The van der Waals surface area contributed by atoms with E-state index in [9.17, 15) is 14.3 Å². The quantitative estimate of drug-likeness (QED) is 0.917. The minimum Gasteiger partial charge on any atom is -0.481 e. The van der Waals surface area contributed by atoms with Gasteiger partial charge >= 0.3 is 5.97 Å². The molecule has 2 rings (SSSR count). The summed E-state index contributed by atoms with van der Waals surface area (Å²) in [6, 6.07) is 6.61. The van der Waals surface area contributed by atoms with Crippen molar-refractivity contribution in [2.24, 2.45) is 5.41 Å². The second-order valence-electron chi connectivity index (χ2n) is 5.74. The first kappa shape index (κ1) is 15.0. The fourth-order valence-electron chi connectivity index (χ4n) is 3.09. The Bertz CT molecular complexity index is 491. The lowest BCUT2D eigenvalue weighted by Crippen LogP contribution is -2.48. The third-order valence-corrected chi connectivity index (χ3v) is 4.62. The second-order valence-corrected chi connectivity index (χ2v) is 5.74. The molecule has 1 N–H and O–H groups in total. The van der Waals surface area contributed by atoms with E-state index in [4.69, 9.17) is 0 Å². The van der Waals surface area contributed by atoms with Crippen molar-refractivity contribution < 1.29 is 14.3 Å². The molecular formula is C16H22FNO2. The maximum Gasteiger partial charge on any atom is 0.310 e. The van der Waals surface area contributed by atoms with Gasteiger partial charge in [-0.1, -0.05) is 19.1 Å². The number of carboxylic acid groups (broad SMARTS) is 1. The molecule has 1 heterocycles. The van der Waals surface area contributed by atoms with Crippen LogP contribution in [0.25, 0.3) is 0 Å². The van der Waals surface area contributed by atoms with Crippen molar-refractivity contribution in [1.29, 1.82) is 0 Å². The monoisotopic (exact) mass is 279 g/mol. The Morgan fingerprint density at radius 1 is 1.55 bits per heavy atom. The summed E-state index contributed by atoms with van der Waals surface area (Å²) in [5.41, 5.74) is 0.252.